The first kappa shape index (κ1) is 17.1. The fraction of sp³-hybridized carbons (Fsp3) is 0.800. The van der Waals surface area contributed by atoms with Crippen LogP contribution in [-0.2, 0) is 28.9 Å². The van der Waals surface area contributed by atoms with E-state index in [-0.39, 0.29) is 18.8 Å². The minimum absolute atomic E-state index is 0.211. The van der Waals surface area contributed by atoms with Gasteiger partial charge >= 0.3 is 5.97 Å². The molecule has 0 aromatic carbocycles. The fourth-order valence-corrected chi connectivity index (χ4v) is 2.96. The molecule has 0 heterocycles. The minimum atomic E-state index is -3.17. The van der Waals surface area contributed by atoms with Gasteiger partial charge in [-0.3, -0.25) is 4.79 Å². The monoisotopic (exact) mass is 296 g/mol. The first-order valence-corrected chi connectivity index (χ1v) is 11.3. The smallest absolute Gasteiger partial charge is 0.347 e. The summed E-state index contributed by atoms with van der Waals surface area (Å²) < 4.78 is 31.2. The molecule has 0 aromatic heterocycles. The SMILES string of the molecule is C[Si](C)(C)CC(OC=O)C(=O)OCCS(C)(=O)=O. The van der Waals surface area contributed by atoms with Gasteiger partial charge in [0.05, 0.1) is 5.75 Å². The molecule has 0 aromatic rings. The fourth-order valence-electron chi connectivity index (χ4n) is 1.20. The lowest BCUT2D eigenvalue weighted by atomic mass is 10.4. The molecule has 0 N–H and O–H groups in total. The number of ether oxygens (including phenoxy) is 2. The van der Waals surface area contributed by atoms with E-state index in [9.17, 15) is 18.0 Å². The van der Waals surface area contributed by atoms with E-state index in [1.165, 1.54) is 0 Å². The summed E-state index contributed by atoms with van der Waals surface area (Å²) in [5.74, 6) is -0.923. The lowest BCUT2D eigenvalue weighted by Gasteiger charge is -2.21. The van der Waals surface area contributed by atoms with Crippen LogP contribution in [0.4, 0.5) is 0 Å². The molecule has 8 heteroatoms. The van der Waals surface area contributed by atoms with Gasteiger partial charge in [-0.1, -0.05) is 19.6 Å². The van der Waals surface area contributed by atoms with Gasteiger partial charge in [0, 0.05) is 14.3 Å². The number of sulfone groups is 1. The third-order valence-electron chi connectivity index (χ3n) is 1.98. The van der Waals surface area contributed by atoms with Crippen LogP contribution in [0.15, 0.2) is 0 Å². The lowest BCUT2D eigenvalue weighted by Crippen LogP contribution is -2.35. The summed E-state index contributed by atoms with van der Waals surface area (Å²) in [4.78, 5) is 21.9. The Balaban J connectivity index is 4.35. The van der Waals surface area contributed by atoms with Crippen molar-refractivity contribution in [2.24, 2.45) is 0 Å². The van der Waals surface area contributed by atoms with Crippen LogP contribution in [0.1, 0.15) is 0 Å². The van der Waals surface area contributed by atoms with Crippen LogP contribution in [0.3, 0.4) is 0 Å². The Morgan fingerprint density at radius 2 is 1.89 bits per heavy atom. The van der Waals surface area contributed by atoms with E-state index >= 15 is 0 Å². The third kappa shape index (κ3) is 9.17. The molecular formula is C10H20O6SSi. The molecule has 0 rings (SSSR count). The Morgan fingerprint density at radius 3 is 2.28 bits per heavy atom. The Labute approximate surface area is 109 Å². The van der Waals surface area contributed by atoms with Crippen LogP contribution in [0.25, 0.3) is 0 Å². The van der Waals surface area contributed by atoms with E-state index in [0.29, 0.717) is 6.04 Å². The minimum Gasteiger partial charge on any atom is -0.462 e. The van der Waals surface area contributed by atoms with Gasteiger partial charge in [-0.2, -0.15) is 0 Å². The normalized spacial score (nSPS) is 13.8. The molecule has 0 radical (unpaired) electrons. The summed E-state index contributed by atoms with van der Waals surface area (Å²) in [6.45, 7) is 6.07. The van der Waals surface area contributed by atoms with E-state index in [2.05, 4.69) is 0 Å². The Hall–Kier alpha value is -0.893. The molecule has 6 nitrogen and oxygen atoms in total. The number of rotatable bonds is 8. The first-order valence-electron chi connectivity index (χ1n) is 5.48. The van der Waals surface area contributed by atoms with E-state index < -0.39 is 30.0 Å². The molecule has 0 fully saturated rings. The zero-order valence-electron chi connectivity index (χ0n) is 11.1. The predicted molar refractivity (Wildman–Crippen MR) is 69.8 cm³/mol. The van der Waals surface area contributed by atoms with Crippen molar-refractivity contribution < 1.29 is 27.5 Å². The van der Waals surface area contributed by atoms with Crippen LogP contribution in [0.5, 0.6) is 0 Å². The van der Waals surface area contributed by atoms with Crippen LogP contribution in [0.2, 0.25) is 25.7 Å². The number of esters is 1. The average Bonchev–Trinajstić information content (AvgIpc) is 2.12. The molecule has 0 aliphatic rings. The number of hydrogen-bond acceptors (Lipinski definition) is 6. The molecule has 106 valence electrons. The van der Waals surface area contributed by atoms with Crippen LogP contribution >= 0.6 is 0 Å². The predicted octanol–water partition coefficient (Wildman–Crippen LogP) is 0.454. The molecule has 0 spiro atoms. The summed E-state index contributed by atoms with van der Waals surface area (Å²) in [6, 6.07) is 0.448. The summed E-state index contributed by atoms with van der Waals surface area (Å²) in [6.07, 6.45) is 0.121. The van der Waals surface area contributed by atoms with Crippen molar-refractivity contribution in [3.63, 3.8) is 0 Å². The first-order chi connectivity index (χ1) is 8.05. The van der Waals surface area contributed by atoms with Gasteiger partial charge in [-0.05, 0) is 6.04 Å². The maximum atomic E-state index is 11.6. The molecule has 0 saturated heterocycles. The summed E-state index contributed by atoms with van der Waals surface area (Å²) in [5, 5.41) is 0. The Morgan fingerprint density at radius 1 is 1.33 bits per heavy atom. The van der Waals surface area contributed by atoms with E-state index in [4.69, 9.17) is 9.47 Å². The van der Waals surface area contributed by atoms with Gasteiger partial charge < -0.3 is 9.47 Å². The molecule has 0 amide bonds. The van der Waals surface area contributed by atoms with Crippen molar-refractivity contribution in [1.82, 2.24) is 0 Å². The second-order valence-electron chi connectivity index (χ2n) is 5.28. The van der Waals surface area contributed by atoms with Crippen molar-refractivity contribution >= 4 is 30.4 Å². The average molecular weight is 296 g/mol. The maximum absolute atomic E-state index is 11.6. The zero-order chi connectivity index (χ0) is 14.4. The van der Waals surface area contributed by atoms with Crippen LogP contribution in [-0.4, -0.2) is 53.7 Å². The number of carbonyl (C=O) groups excluding carboxylic acids is 2. The molecule has 18 heavy (non-hydrogen) atoms. The summed E-state index contributed by atoms with van der Waals surface area (Å²) in [7, 11) is -4.77. The van der Waals surface area contributed by atoms with E-state index in [1.807, 2.05) is 19.6 Å². The number of hydrogen-bond donors (Lipinski definition) is 0. The van der Waals surface area contributed by atoms with Gasteiger partial charge in [0.2, 0.25) is 0 Å². The van der Waals surface area contributed by atoms with E-state index in [0.717, 1.165) is 6.26 Å². The van der Waals surface area contributed by atoms with Crippen molar-refractivity contribution in [3.8, 4) is 0 Å². The summed E-state index contributed by atoms with van der Waals surface area (Å²) >= 11 is 0. The third-order valence-corrected chi connectivity index (χ3v) is 4.48. The highest BCUT2D eigenvalue weighted by molar-refractivity contribution is 7.90. The van der Waals surface area contributed by atoms with Gasteiger partial charge in [0.1, 0.15) is 6.61 Å². The highest BCUT2D eigenvalue weighted by Crippen LogP contribution is 2.14. The Bertz CT molecular complexity index is 384. The highest BCUT2D eigenvalue weighted by Gasteiger charge is 2.28. The largest absolute Gasteiger partial charge is 0.462 e. The quantitative estimate of drug-likeness (QED) is 0.367. The van der Waals surface area contributed by atoms with Gasteiger partial charge in [-0.15, -0.1) is 0 Å². The second-order valence-corrected chi connectivity index (χ2v) is 13.1. The molecule has 1 unspecified atom stereocenters. The van der Waals surface area contributed by atoms with Crippen LogP contribution in [0, 0.1) is 0 Å². The van der Waals surface area contributed by atoms with Crippen molar-refractivity contribution in [1.29, 1.82) is 0 Å². The number of carbonyl (C=O) groups is 2. The second kappa shape index (κ2) is 6.88. The van der Waals surface area contributed by atoms with Crippen molar-refractivity contribution in [2.45, 2.75) is 31.8 Å². The summed E-state index contributed by atoms with van der Waals surface area (Å²) in [5.41, 5.74) is 0. The molecule has 0 aliphatic heterocycles. The van der Waals surface area contributed by atoms with Gasteiger partial charge in [-0.25, -0.2) is 13.2 Å². The zero-order valence-corrected chi connectivity index (χ0v) is 13.0. The molecule has 0 bridgehead atoms. The molecule has 1 atom stereocenters. The lowest BCUT2D eigenvalue weighted by molar-refractivity contribution is -0.159. The Kier molecular flexibility index (Phi) is 6.54. The highest BCUT2D eigenvalue weighted by atomic mass is 32.2. The molecule has 0 saturated carbocycles. The van der Waals surface area contributed by atoms with Gasteiger partial charge in [0.25, 0.3) is 6.47 Å². The van der Waals surface area contributed by atoms with Gasteiger partial charge in [0.15, 0.2) is 15.9 Å². The van der Waals surface area contributed by atoms with Crippen LogP contribution < -0.4 is 0 Å². The van der Waals surface area contributed by atoms with Crippen molar-refractivity contribution in [3.05, 3.63) is 0 Å². The van der Waals surface area contributed by atoms with E-state index in [1.54, 1.807) is 0 Å². The molecule has 0 aliphatic carbocycles. The molecular weight excluding hydrogens is 276 g/mol. The maximum Gasteiger partial charge on any atom is 0.347 e. The van der Waals surface area contributed by atoms with Crippen molar-refractivity contribution in [2.75, 3.05) is 18.6 Å². The topological polar surface area (TPSA) is 86.7 Å². The standard InChI is InChI=1S/C10H20O6SSi/c1-17(13,14)6-5-15-10(12)9(16-8-11)7-18(2,3)4/h8-9H,5-7H2,1-4H3.